The zero-order valence-electron chi connectivity index (χ0n) is 35.8. The van der Waals surface area contributed by atoms with E-state index in [0.29, 0.717) is 0 Å². The number of nitrogens with zero attached hydrogens (tertiary/aromatic N) is 3. The molecule has 3 heteroatoms. The molecule has 0 saturated heterocycles. The van der Waals surface area contributed by atoms with Gasteiger partial charge in [0.1, 0.15) is 5.82 Å². The predicted octanol–water partition coefficient (Wildman–Crippen LogP) is 15.4. The molecule has 0 radical (unpaired) electrons. The van der Waals surface area contributed by atoms with Crippen LogP contribution in [0.15, 0.2) is 249 Å². The lowest BCUT2D eigenvalue weighted by atomic mass is 9.69. The number of aromatic nitrogens is 2. The Morgan fingerprint density at radius 2 is 0.969 bits per heavy atom. The molecule has 0 spiro atoms. The molecule has 1 aliphatic rings. The minimum atomic E-state index is -0.340. The normalized spacial score (nSPS) is 13.6. The Balaban J connectivity index is 0.934. The molecule has 1 atom stereocenters. The summed E-state index contributed by atoms with van der Waals surface area (Å²) in [5, 5.41) is 0. The maximum atomic E-state index is 5.28. The van der Waals surface area contributed by atoms with E-state index in [0.717, 1.165) is 45.9 Å². The van der Waals surface area contributed by atoms with Gasteiger partial charge in [0.2, 0.25) is 0 Å². The summed E-state index contributed by atoms with van der Waals surface area (Å²) in [5.41, 5.74) is 17.4. The van der Waals surface area contributed by atoms with Crippen molar-refractivity contribution in [2.24, 2.45) is 0 Å². The van der Waals surface area contributed by atoms with Gasteiger partial charge in [-0.2, -0.15) is 0 Å². The molecule has 306 valence electrons. The van der Waals surface area contributed by atoms with Crippen LogP contribution in [0.4, 0.5) is 11.4 Å². The fourth-order valence-corrected chi connectivity index (χ4v) is 9.95. The highest BCUT2D eigenvalue weighted by Gasteiger charge is 2.34. The van der Waals surface area contributed by atoms with Gasteiger partial charge in [-0.05, 0) is 112 Å². The maximum Gasteiger partial charge on any atom is 0.146 e. The third-order valence-corrected chi connectivity index (χ3v) is 13.2. The summed E-state index contributed by atoms with van der Waals surface area (Å²) in [6, 6.07) is 87.7. The zero-order chi connectivity index (χ0) is 42.9. The molecule has 0 N–H and O–H groups in total. The van der Waals surface area contributed by atoms with Crippen LogP contribution in [0.1, 0.15) is 53.0 Å². The first-order chi connectivity index (χ1) is 31.6. The van der Waals surface area contributed by atoms with E-state index in [1.807, 2.05) is 0 Å². The highest BCUT2D eigenvalue weighted by molar-refractivity contribution is 5.89. The second kappa shape index (κ2) is 16.7. The number of benzene rings is 9. The van der Waals surface area contributed by atoms with Crippen molar-refractivity contribution >= 4 is 28.0 Å². The van der Waals surface area contributed by atoms with E-state index >= 15 is 0 Å². The van der Waals surface area contributed by atoms with Crippen molar-refractivity contribution in [2.75, 3.05) is 4.90 Å². The molecule has 10 aromatic rings. The molecule has 0 amide bonds. The van der Waals surface area contributed by atoms with Gasteiger partial charge in [0.15, 0.2) is 0 Å². The second-order valence-electron chi connectivity index (χ2n) is 16.8. The van der Waals surface area contributed by atoms with E-state index in [1.165, 1.54) is 50.1 Å². The zero-order valence-corrected chi connectivity index (χ0v) is 35.8. The van der Waals surface area contributed by atoms with E-state index in [2.05, 4.69) is 265 Å². The van der Waals surface area contributed by atoms with Gasteiger partial charge >= 0.3 is 0 Å². The molecule has 9 aromatic carbocycles. The van der Waals surface area contributed by atoms with Crippen LogP contribution in [0.5, 0.6) is 0 Å². The van der Waals surface area contributed by atoms with E-state index < -0.39 is 0 Å². The summed E-state index contributed by atoms with van der Waals surface area (Å²) in [7, 11) is 0. The molecule has 0 saturated carbocycles. The van der Waals surface area contributed by atoms with Crippen LogP contribution in [0.3, 0.4) is 0 Å². The number of imidazole rings is 1. The SMILES string of the molecule is CC(c1ccccc1)(c1ccccc1)c1ccccc1-c1ccc(-c2ccc(N(c3ccccc3)C3CC=C(c4nc5ccccc5n4-c4ccccc4)c4ccccc43)cc2)cc1. The molecule has 0 fully saturated rings. The predicted molar refractivity (Wildman–Crippen MR) is 266 cm³/mol. The van der Waals surface area contributed by atoms with Crippen LogP contribution in [0.2, 0.25) is 0 Å². The molecular formula is C61H47N3. The Morgan fingerprint density at radius 3 is 1.64 bits per heavy atom. The van der Waals surface area contributed by atoms with Crippen molar-refractivity contribution in [3.8, 4) is 27.9 Å². The number of anilines is 2. The summed E-state index contributed by atoms with van der Waals surface area (Å²) < 4.78 is 2.31. The van der Waals surface area contributed by atoms with Crippen LogP contribution in [-0.4, -0.2) is 9.55 Å². The number of hydrogen-bond donors (Lipinski definition) is 0. The van der Waals surface area contributed by atoms with Crippen molar-refractivity contribution in [2.45, 2.75) is 24.8 Å². The standard InChI is InChI=1S/C61H47N3/c1-61(47-20-6-2-7-21-47,48-22-8-3-9-23-48)56-31-17-16-28-52(56)46-36-34-44(35-37-46)45-38-40-51(41-39-45)63(49-24-10-4-11-25-49)58-43-42-55(53-29-14-15-30-54(53)58)60-62-57-32-18-19-33-59(57)64(60)50-26-12-5-13-27-50/h2-42,58H,43H2,1H3. The van der Waals surface area contributed by atoms with Gasteiger partial charge in [-0.3, -0.25) is 4.57 Å². The van der Waals surface area contributed by atoms with Gasteiger partial charge in [0, 0.05) is 28.1 Å². The van der Waals surface area contributed by atoms with E-state index in [9.17, 15) is 0 Å². The lowest BCUT2D eigenvalue weighted by molar-refractivity contribution is 0.694. The van der Waals surface area contributed by atoms with E-state index in [4.69, 9.17) is 4.98 Å². The molecule has 3 nitrogen and oxygen atoms in total. The Bertz CT molecular complexity index is 3180. The van der Waals surface area contributed by atoms with Gasteiger partial charge in [0.25, 0.3) is 0 Å². The molecule has 0 aliphatic heterocycles. The Morgan fingerprint density at radius 1 is 0.469 bits per heavy atom. The van der Waals surface area contributed by atoms with Gasteiger partial charge in [-0.1, -0.05) is 200 Å². The van der Waals surface area contributed by atoms with E-state index in [-0.39, 0.29) is 11.5 Å². The molecule has 11 rings (SSSR count). The Labute approximate surface area is 375 Å². The highest BCUT2D eigenvalue weighted by Crippen LogP contribution is 2.46. The molecule has 1 heterocycles. The second-order valence-corrected chi connectivity index (χ2v) is 16.8. The van der Waals surface area contributed by atoms with E-state index in [1.54, 1.807) is 0 Å². The van der Waals surface area contributed by atoms with Crippen LogP contribution < -0.4 is 4.90 Å². The molecule has 1 unspecified atom stereocenters. The lowest BCUT2D eigenvalue weighted by Gasteiger charge is -2.37. The number of rotatable bonds is 10. The quantitative estimate of drug-likeness (QED) is 0.128. The van der Waals surface area contributed by atoms with Crippen LogP contribution in [0.25, 0.3) is 44.5 Å². The van der Waals surface area contributed by atoms with Crippen LogP contribution in [0, 0.1) is 0 Å². The minimum Gasteiger partial charge on any atom is -0.334 e. The average molecular weight is 822 g/mol. The van der Waals surface area contributed by atoms with Crippen LogP contribution >= 0.6 is 0 Å². The number of hydrogen-bond acceptors (Lipinski definition) is 2. The average Bonchev–Trinajstić information content (AvgIpc) is 3.77. The van der Waals surface area contributed by atoms with Crippen molar-refractivity contribution in [3.05, 3.63) is 282 Å². The van der Waals surface area contributed by atoms with Crippen LogP contribution in [-0.2, 0) is 5.41 Å². The Kier molecular flexibility index (Phi) is 10.1. The smallest absolute Gasteiger partial charge is 0.146 e. The number of fused-ring (bicyclic) bond motifs is 2. The summed E-state index contributed by atoms with van der Waals surface area (Å²) in [6.45, 7) is 2.36. The molecular weight excluding hydrogens is 775 g/mol. The van der Waals surface area contributed by atoms with Crippen molar-refractivity contribution in [1.29, 1.82) is 0 Å². The van der Waals surface area contributed by atoms with Gasteiger partial charge in [0.05, 0.1) is 17.1 Å². The fourth-order valence-electron chi connectivity index (χ4n) is 9.95. The first-order valence-electron chi connectivity index (χ1n) is 22.2. The minimum absolute atomic E-state index is 0.0690. The first-order valence-corrected chi connectivity index (χ1v) is 22.2. The van der Waals surface area contributed by atoms with Gasteiger partial charge in [-0.15, -0.1) is 0 Å². The maximum absolute atomic E-state index is 5.28. The topological polar surface area (TPSA) is 21.1 Å². The molecule has 1 aliphatic carbocycles. The summed E-state index contributed by atoms with van der Waals surface area (Å²) >= 11 is 0. The third kappa shape index (κ3) is 6.92. The third-order valence-electron chi connectivity index (χ3n) is 13.2. The Hall–Kier alpha value is -8.01. The summed E-state index contributed by atoms with van der Waals surface area (Å²) in [6.07, 6.45) is 3.22. The highest BCUT2D eigenvalue weighted by atomic mass is 15.2. The summed E-state index contributed by atoms with van der Waals surface area (Å²) in [4.78, 5) is 7.79. The van der Waals surface area contributed by atoms with Crippen molar-refractivity contribution < 1.29 is 0 Å². The lowest BCUT2D eigenvalue weighted by Crippen LogP contribution is -2.26. The van der Waals surface area contributed by atoms with Gasteiger partial charge in [-0.25, -0.2) is 4.98 Å². The number of para-hydroxylation sites is 4. The van der Waals surface area contributed by atoms with Gasteiger partial charge < -0.3 is 4.90 Å². The molecule has 1 aromatic heterocycles. The monoisotopic (exact) mass is 821 g/mol. The molecule has 64 heavy (non-hydrogen) atoms. The first kappa shape index (κ1) is 38.9. The largest absolute Gasteiger partial charge is 0.334 e. The van der Waals surface area contributed by atoms with Crippen molar-refractivity contribution in [3.63, 3.8) is 0 Å². The summed E-state index contributed by atoms with van der Waals surface area (Å²) in [5.74, 6) is 0.963. The fraction of sp³-hybridized carbons (Fsp3) is 0.0656. The molecule has 0 bridgehead atoms. The van der Waals surface area contributed by atoms with Crippen molar-refractivity contribution in [1.82, 2.24) is 9.55 Å².